The van der Waals surface area contributed by atoms with Crippen molar-refractivity contribution in [2.45, 2.75) is 13.5 Å². The molecule has 4 nitrogen and oxygen atoms in total. The first-order valence-electron chi connectivity index (χ1n) is 5.82. The van der Waals surface area contributed by atoms with Crippen molar-refractivity contribution < 1.29 is 0 Å². The zero-order valence-electron chi connectivity index (χ0n) is 10.7. The predicted molar refractivity (Wildman–Crippen MR) is 89.0 cm³/mol. The molecule has 2 N–H and O–H groups in total. The van der Waals surface area contributed by atoms with Crippen LogP contribution in [0.3, 0.4) is 0 Å². The average Bonchev–Trinajstić information content (AvgIpc) is 2.44. The lowest BCUT2D eigenvalue weighted by Crippen LogP contribution is -2.28. The van der Waals surface area contributed by atoms with Crippen LogP contribution < -0.4 is 10.6 Å². The first kappa shape index (κ1) is 15.2. The first-order valence-corrected chi connectivity index (χ1v) is 7.40. The molecule has 0 amide bonds. The maximum Gasteiger partial charge on any atom is 0.172 e. The van der Waals surface area contributed by atoms with Gasteiger partial charge in [0, 0.05) is 18.9 Å². The second-order valence-corrected chi connectivity index (χ2v) is 5.72. The van der Waals surface area contributed by atoms with E-state index in [1.807, 2.05) is 19.1 Å². The summed E-state index contributed by atoms with van der Waals surface area (Å²) in [4.78, 5) is 8.38. The number of rotatable bonds is 3. The van der Waals surface area contributed by atoms with Gasteiger partial charge in [-0.3, -0.25) is 4.98 Å². The molecule has 0 saturated carbocycles. The molecule has 0 bridgehead atoms. The van der Waals surface area contributed by atoms with Crippen LogP contribution in [0.1, 0.15) is 11.3 Å². The minimum atomic E-state index is 0.490. The van der Waals surface area contributed by atoms with Gasteiger partial charge in [-0.25, -0.2) is 4.98 Å². The fraction of sp³-hybridized carbons (Fsp3) is 0.154. The molecule has 20 heavy (non-hydrogen) atoms. The van der Waals surface area contributed by atoms with Gasteiger partial charge in [0.05, 0.1) is 15.2 Å². The summed E-state index contributed by atoms with van der Waals surface area (Å²) >= 11 is 14.6. The number of aromatic nitrogens is 2. The molecule has 0 atom stereocenters. The fourth-order valence-corrected chi connectivity index (χ4v) is 2.35. The largest absolute Gasteiger partial charge is 0.358 e. The Bertz CT molecular complexity index is 621. The molecule has 104 valence electrons. The number of nitrogens with one attached hydrogen (secondary N) is 2. The summed E-state index contributed by atoms with van der Waals surface area (Å²) in [5, 5.41) is 7.22. The lowest BCUT2D eigenvalue weighted by Gasteiger charge is -2.12. The van der Waals surface area contributed by atoms with E-state index in [9.17, 15) is 0 Å². The maximum atomic E-state index is 5.99. The van der Waals surface area contributed by atoms with Gasteiger partial charge in [-0.1, -0.05) is 17.7 Å². The van der Waals surface area contributed by atoms with Gasteiger partial charge in [-0.2, -0.15) is 0 Å². The van der Waals surface area contributed by atoms with E-state index >= 15 is 0 Å². The highest BCUT2D eigenvalue weighted by atomic mass is 79.9. The molecule has 0 radical (unpaired) electrons. The SMILES string of the molecule is Cc1nc(NC(=S)NCc2cccnc2)c(Br)cc1Cl. The van der Waals surface area contributed by atoms with Gasteiger partial charge in [-0.05, 0) is 52.8 Å². The lowest BCUT2D eigenvalue weighted by molar-refractivity contribution is 0.915. The van der Waals surface area contributed by atoms with Crippen molar-refractivity contribution in [3.63, 3.8) is 0 Å². The summed E-state index contributed by atoms with van der Waals surface area (Å²) in [6, 6.07) is 5.65. The van der Waals surface area contributed by atoms with Crippen LogP contribution in [0.5, 0.6) is 0 Å². The van der Waals surface area contributed by atoms with Crippen molar-refractivity contribution in [3.05, 3.63) is 51.3 Å². The van der Waals surface area contributed by atoms with Crippen molar-refractivity contribution in [2.24, 2.45) is 0 Å². The molecule has 0 aliphatic heterocycles. The standard InChI is InChI=1S/C13H12BrClN4S/c1-8-11(15)5-10(14)12(18-8)19-13(20)17-7-9-3-2-4-16-6-9/h2-6H,7H2,1H3,(H2,17,18,19,20). The highest BCUT2D eigenvalue weighted by Gasteiger charge is 2.07. The Kier molecular flexibility index (Phi) is 5.28. The maximum absolute atomic E-state index is 5.99. The summed E-state index contributed by atoms with van der Waals surface area (Å²) in [6.45, 7) is 2.44. The highest BCUT2D eigenvalue weighted by molar-refractivity contribution is 9.10. The van der Waals surface area contributed by atoms with Gasteiger partial charge in [0.1, 0.15) is 5.82 Å². The summed E-state index contributed by atoms with van der Waals surface area (Å²) in [5.74, 6) is 0.635. The molecule has 0 unspecified atom stereocenters. The summed E-state index contributed by atoms with van der Waals surface area (Å²) < 4.78 is 0.763. The Balaban J connectivity index is 1.97. The topological polar surface area (TPSA) is 49.8 Å². The fourth-order valence-electron chi connectivity index (χ4n) is 1.48. The Labute approximate surface area is 136 Å². The molecule has 2 aromatic heterocycles. The van der Waals surface area contributed by atoms with E-state index in [1.54, 1.807) is 18.5 Å². The molecule has 2 heterocycles. The van der Waals surface area contributed by atoms with Crippen LogP contribution in [-0.2, 0) is 6.54 Å². The molecule has 7 heteroatoms. The van der Waals surface area contributed by atoms with Crippen LogP contribution >= 0.6 is 39.7 Å². The van der Waals surface area contributed by atoms with Crippen LogP contribution in [0.25, 0.3) is 0 Å². The van der Waals surface area contributed by atoms with Gasteiger partial charge in [0.15, 0.2) is 5.11 Å². The molecule has 0 spiro atoms. The Hall–Kier alpha value is -1.24. The van der Waals surface area contributed by atoms with Crippen molar-refractivity contribution in [1.29, 1.82) is 0 Å². The van der Waals surface area contributed by atoms with Gasteiger partial charge in [-0.15, -0.1) is 0 Å². The Morgan fingerprint density at radius 2 is 2.30 bits per heavy atom. The lowest BCUT2D eigenvalue weighted by atomic mass is 10.3. The van der Waals surface area contributed by atoms with E-state index in [0.29, 0.717) is 22.5 Å². The normalized spacial score (nSPS) is 10.2. The third-order valence-electron chi connectivity index (χ3n) is 2.51. The first-order chi connectivity index (χ1) is 9.56. The van der Waals surface area contributed by atoms with Crippen LogP contribution in [0, 0.1) is 6.92 Å². The van der Waals surface area contributed by atoms with E-state index in [4.69, 9.17) is 23.8 Å². The smallest absolute Gasteiger partial charge is 0.172 e. The molecule has 0 fully saturated rings. The van der Waals surface area contributed by atoms with Crippen molar-refractivity contribution in [3.8, 4) is 0 Å². The second kappa shape index (κ2) is 6.97. The zero-order chi connectivity index (χ0) is 14.5. The van der Waals surface area contributed by atoms with Gasteiger partial charge in [0.25, 0.3) is 0 Å². The van der Waals surface area contributed by atoms with E-state index in [2.05, 4.69) is 36.5 Å². The number of thiocarbonyl (C=S) groups is 1. The molecule has 0 aliphatic rings. The number of hydrogen-bond acceptors (Lipinski definition) is 3. The number of aryl methyl sites for hydroxylation is 1. The van der Waals surface area contributed by atoms with Crippen LogP contribution in [0.2, 0.25) is 5.02 Å². The van der Waals surface area contributed by atoms with Crippen LogP contribution in [0.4, 0.5) is 5.82 Å². The summed E-state index contributed by atoms with van der Waals surface area (Å²) in [7, 11) is 0. The van der Waals surface area contributed by atoms with Crippen molar-refractivity contribution >= 4 is 50.7 Å². The summed E-state index contributed by atoms with van der Waals surface area (Å²) in [6.07, 6.45) is 3.52. The average molecular weight is 372 g/mol. The number of anilines is 1. The van der Waals surface area contributed by atoms with Crippen molar-refractivity contribution in [1.82, 2.24) is 15.3 Å². The molecule has 0 aliphatic carbocycles. The predicted octanol–water partition coefficient (Wildman–Crippen LogP) is 3.69. The number of halogens is 2. The molecule has 2 aromatic rings. The third kappa shape index (κ3) is 4.13. The zero-order valence-corrected chi connectivity index (χ0v) is 13.8. The Morgan fingerprint density at radius 3 is 3.00 bits per heavy atom. The molecular weight excluding hydrogens is 360 g/mol. The number of nitrogens with zero attached hydrogens (tertiary/aromatic N) is 2. The minimum absolute atomic E-state index is 0.490. The van der Waals surface area contributed by atoms with E-state index < -0.39 is 0 Å². The van der Waals surface area contributed by atoms with E-state index in [1.165, 1.54) is 0 Å². The Morgan fingerprint density at radius 1 is 1.50 bits per heavy atom. The van der Waals surface area contributed by atoms with Gasteiger partial charge >= 0.3 is 0 Å². The molecule has 0 aromatic carbocycles. The van der Waals surface area contributed by atoms with Crippen LogP contribution in [0.15, 0.2) is 35.1 Å². The molecular formula is C13H12BrClN4S. The summed E-state index contributed by atoms with van der Waals surface area (Å²) in [5.41, 5.74) is 1.79. The third-order valence-corrected chi connectivity index (χ3v) is 3.75. The van der Waals surface area contributed by atoms with Gasteiger partial charge in [0.2, 0.25) is 0 Å². The molecule has 0 saturated heterocycles. The second-order valence-electron chi connectivity index (χ2n) is 4.05. The van der Waals surface area contributed by atoms with Crippen molar-refractivity contribution in [2.75, 3.05) is 5.32 Å². The van der Waals surface area contributed by atoms with Crippen LogP contribution in [-0.4, -0.2) is 15.1 Å². The minimum Gasteiger partial charge on any atom is -0.358 e. The van der Waals surface area contributed by atoms with E-state index in [0.717, 1.165) is 15.7 Å². The highest BCUT2D eigenvalue weighted by Crippen LogP contribution is 2.25. The quantitative estimate of drug-likeness (QED) is 0.806. The molecule has 2 rings (SSSR count). The number of pyridine rings is 2. The monoisotopic (exact) mass is 370 g/mol. The van der Waals surface area contributed by atoms with Gasteiger partial charge < -0.3 is 10.6 Å². The number of hydrogen-bond donors (Lipinski definition) is 2. The van der Waals surface area contributed by atoms with E-state index in [-0.39, 0.29) is 0 Å².